The fourth-order valence-electron chi connectivity index (χ4n) is 3.83. The highest BCUT2D eigenvalue weighted by Crippen LogP contribution is 2.53. The highest BCUT2D eigenvalue weighted by molar-refractivity contribution is 5.85. The third-order valence-electron chi connectivity index (χ3n) is 5.45. The van der Waals surface area contributed by atoms with Crippen molar-refractivity contribution in [1.29, 1.82) is 0 Å². The van der Waals surface area contributed by atoms with Crippen molar-refractivity contribution >= 4 is 12.0 Å². The number of ether oxygens (including phenoxy) is 1. The summed E-state index contributed by atoms with van der Waals surface area (Å²) in [5, 5.41) is 11.4. The van der Waals surface area contributed by atoms with Crippen LogP contribution in [-0.4, -0.2) is 64.8 Å². The molecule has 1 aliphatic heterocycles. The number of rotatable bonds is 3. The van der Waals surface area contributed by atoms with Crippen molar-refractivity contribution in [3.05, 3.63) is 0 Å². The fraction of sp³-hybridized carbons (Fsp3) is 0.889. The van der Waals surface area contributed by atoms with Crippen molar-refractivity contribution in [2.45, 2.75) is 71.0 Å². The number of β-amino-alcohol motifs (C(OH)–C–C–N with tert-alkyl or cyclic N) is 1. The Morgan fingerprint density at radius 3 is 2.29 bits per heavy atom. The minimum atomic E-state index is -1.17. The van der Waals surface area contributed by atoms with Crippen LogP contribution in [0.2, 0.25) is 0 Å². The number of piperidine rings is 1. The van der Waals surface area contributed by atoms with Gasteiger partial charge in [-0.15, -0.1) is 0 Å². The van der Waals surface area contributed by atoms with Crippen LogP contribution in [0.1, 0.15) is 59.8 Å². The Hall–Kier alpha value is -1.30. The minimum absolute atomic E-state index is 0.00443. The molecule has 1 saturated carbocycles. The second-order valence-electron chi connectivity index (χ2n) is 8.29. The average molecular weight is 340 g/mol. The van der Waals surface area contributed by atoms with Gasteiger partial charge in [0.05, 0.1) is 17.6 Å². The summed E-state index contributed by atoms with van der Waals surface area (Å²) >= 11 is 0. The Labute approximate surface area is 145 Å². The second-order valence-corrected chi connectivity index (χ2v) is 8.29. The predicted octanol–water partition coefficient (Wildman–Crippen LogP) is 2.40. The molecule has 24 heavy (non-hydrogen) atoms. The molecule has 0 aromatic rings. The van der Waals surface area contributed by atoms with Gasteiger partial charge in [0.1, 0.15) is 5.60 Å². The summed E-state index contributed by atoms with van der Waals surface area (Å²) in [5.74, 6) is 0.00443. The number of nitrogens with zero attached hydrogens (tertiary/aromatic N) is 2. The zero-order chi connectivity index (χ0) is 18.2. The number of carbonyl (C=O) groups excluding carboxylic acids is 2. The fourth-order valence-corrected chi connectivity index (χ4v) is 3.83. The van der Waals surface area contributed by atoms with Gasteiger partial charge >= 0.3 is 6.09 Å². The summed E-state index contributed by atoms with van der Waals surface area (Å²) in [6.07, 6.45) is 3.14. The maximum Gasteiger partial charge on any atom is 0.410 e. The molecule has 1 N–H and O–H groups in total. The molecule has 2 rings (SSSR count). The van der Waals surface area contributed by atoms with Crippen LogP contribution in [0.4, 0.5) is 4.79 Å². The van der Waals surface area contributed by atoms with Crippen LogP contribution in [0.15, 0.2) is 0 Å². The first kappa shape index (κ1) is 19.0. The van der Waals surface area contributed by atoms with Gasteiger partial charge in [-0.05, 0) is 53.4 Å². The van der Waals surface area contributed by atoms with Crippen LogP contribution in [0.25, 0.3) is 0 Å². The summed E-state index contributed by atoms with van der Waals surface area (Å²) in [4.78, 5) is 28.6. The van der Waals surface area contributed by atoms with Crippen LogP contribution in [0.3, 0.4) is 0 Å². The molecule has 1 heterocycles. The Morgan fingerprint density at radius 1 is 1.21 bits per heavy atom. The van der Waals surface area contributed by atoms with Crippen molar-refractivity contribution < 1.29 is 19.4 Å². The molecule has 6 heteroatoms. The van der Waals surface area contributed by atoms with Gasteiger partial charge in [0.25, 0.3) is 0 Å². The molecule has 1 unspecified atom stereocenters. The molecule has 0 spiro atoms. The van der Waals surface area contributed by atoms with E-state index in [4.69, 9.17) is 4.74 Å². The quantitative estimate of drug-likeness (QED) is 0.856. The van der Waals surface area contributed by atoms with Crippen molar-refractivity contribution in [3.8, 4) is 0 Å². The maximum absolute atomic E-state index is 12.9. The highest BCUT2D eigenvalue weighted by Gasteiger charge is 2.61. The molecule has 6 nitrogen and oxygen atoms in total. The topological polar surface area (TPSA) is 70.1 Å². The zero-order valence-corrected chi connectivity index (χ0v) is 15.7. The molecular weight excluding hydrogens is 308 g/mol. The van der Waals surface area contributed by atoms with E-state index in [-0.39, 0.29) is 12.5 Å². The molecule has 0 radical (unpaired) electrons. The third-order valence-corrected chi connectivity index (χ3v) is 5.45. The Morgan fingerprint density at radius 2 is 1.83 bits per heavy atom. The first-order valence-electron chi connectivity index (χ1n) is 9.00. The Bertz CT molecular complexity index is 496. The van der Waals surface area contributed by atoms with Crippen LogP contribution in [-0.2, 0) is 9.53 Å². The van der Waals surface area contributed by atoms with E-state index in [0.717, 1.165) is 6.42 Å². The third kappa shape index (κ3) is 3.39. The second kappa shape index (κ2) is 6.54. The summed E-state index contributed by atoms with van der Waals surface area (Å²) in [6.45, 7) is 8.77. The van der Waals surface area contributed by atoms with E-state index in [0.29, 0.717) is 38.8 Å². The molecular formula is C18H32N2O4. The van der Waals surface area contributed by atoms with Crippen LogP contribution < -0.4 is 0 Å². The van der Waals surface area contributed by atoms with E-state index in [1.165, 1.54) is 0 Å². The predicted molar refractivity (Wildman–Crippen MR) is 91.6 cm³/mol. The van der Waals surface area contributed by atoms with E-state index in [9.17, 15) is 14.7 Å². The van der Waals surface area contributed by atoms with E-state index >= 15 is 0 Å². The van der Waals surface area contributed by atoms with Crippen molar-refractivity contribution in [2.75, 3.05) is 26.7 Å². The van der Waals surface area contributed by atoms with E-state index in [1.807, 2.05) is 27.7 Å². The number of hydrogen-bond donors (Lipinski definition) is 1. The van der Waals surface area contributed by atoms with Gasteiger partial charge in [-0.2, -0.15) is 0 Å². The number of hydrogen-bond acceptors (Lipinski definition) is 4. The normalized spacial score (nSPS) is 26.5. The SMILES string of the molecule is CCN(C)C(=O)C1(C2(O)CCCN(C(=O)OC(C)(C)C)C2)CCC1. The molecule has 2 aliphatic rings. The molecule has 0 aromatic carbocycles. The van der Waals surface area contributed by atoms with Crippen molar-refractivity contribution in [2.24, 2.45) is 5.41 Å². The lowest BCUT2D eigenvalue weighted by atomic mass is 9.55. The van der Waals surface area contributed by atoms with Gasteiger partial charge in [-0.1, -0.05) is 6.42 Å². The maximum atomic E-state index is 12.9. The summed E-state index contributed by atoms with van der Waals surface area (Å²) in [6, 6.07) is 0. The van der Waals surface area contributed by atoms with Crippen molar-refractivity contribution in [3.63, 3.8) is 0 Å². The Balaban J connectivity index is 2.19. The zero-order valence-electron chi connectivity index (χ0n) is 15.7. The molecule has 1 atom stereocenters. The smallest absolute Gasteiger partial charge is 0.410 e. The average Bonchev–Trinajstić information content (AvgIpc) is 2.42. The van der Waals surface area contributed by atoms with Gasteiger partial charge in [0, 0.05) is 20.1 Å². The van der Waals surface area contributed by atoms with Gasteiger partial charge in [-0.25, -0.2) is 4.79 Å². The van der Waals surface area contributed by atoms with Crippen LogP contribution in [0.5, 0.6) is 0 Å². The van der Waals surface area contributed by atoms with Crippen LogP contribution >= 0.6 is 0 Å². The first-order chi connectivity index (χ1) is 11.0. The minimum Gasteiger partial charge on any atom is -0.444 e. The lowest BCUT2D eigenvalue weighted by Gasteiger charge is -2.55. The lowest BCUT2D eigenvalue weighted by molar-refractivity contribution is -0.187. The summed E-state index contributed by atoms with van der Waals surface area (Å²) in [5.41, 5.74) is -2.49. The number of carbonyl (C=O) groups is 2. The van der Waals surface area contributed by atoms with Gasteiger partial charge < -0.3 is 19.6 Å². The molecule has 2 amide bonds. The molecule has 1 saturated heterocycles. The van der Waals surface area contributed by atoms with Gasteiger partial charge in [-0.3, -0.25) is 4.79 Å². The van der Waals surface area contributed by atoms with Gasteiger partial charge in [0.2, 0.25) is 5.91 Å². The molecule has 2 fully saturated rings. The number of aliphatic hydroxyl groups is 1. The van der Waals surface area contributed by atoms with E-state index in [1.54, 1.807) is 16.8 Å². The van der Waals surface area contributed by atoms with E-state index < -0.39 is 22.7 Å². The monoisotopic (exact) mass is 340 g/mol. The summed E-state index contributed by atoms with van der Waals surface area (Å²) < 4.78 is 5.44. The Kier molecular flexibility index (Phi) is 5.19. The standard InChI is InChI=1S/C18H32N2O4/c1-6-19(5)14(21)17(9-7-10-17)18(23)11-8-12-20(13-18)15(22)24-16(2,3)4/h23H,6-13H2,1-5H3. The number of likely N-dealkylation sites (tertiary alicyclic amines) is 1. The summed E-state index contributed by atoms with van der Waals surface area (Å²) in [7, 11) is 1.78. The largest absolute Gasteiger partial charge is 0.444 e. The van der Waals surface area contributed by atoms with Crippen molar-refractivity contribution in [1.82, 2.24) is 9.80 Å². The molecule has 138 valence electrons. The van der Waals surface area contributed by atoms with Crippen LogP contribution in [0, 0.1) is 5.41 Å². The number of amides is 2. The first-order valence-corrected chi connectivity index (χ1v) is 9.00. The molecule has 0 aromatic heterocycles. The molecule has 1 aliphatic carbocycles. The highest BCUT2D eigenvalue weighted by atomic mass is 16.6. The lowest BCUT2D eigenvalue weighted by Crippen LogP contribution is -2.66. The van der Waals surface area contributed by atoms with E-state index in [2.05, 4.69) is 0 Å². The molecule has 0 bridgehead atoms. The van der Waals surface area contributed by atoms with Gasteiger partial charge in [0.15, 0.2) is 0 Å².